The van der Waals surface area contributed by atoms with Gasteiger partial charge in [-0.25, -0.2) is 4.39 Å². The highest BCUT2D eigenvalue weighted by molar-refractivity contribution is 9.10. The zero-order chi connectivity index (χ0) is 14.8. The molecule has 1 aliphatic carbocycles. The highest BCUT2D eigenvalue weighted by Gasteiger charge is 2.21. The summed E-state index contributed by atoms with van der Waals surface area (Å²) in [4.78, 5) is 4.07. The van der Waals surface area contributed by atoms with Gasteiger partial charge < -0.3 is 10.1 Å². The van der Waals surface area contributed by atoms with Crippen molar-refractivity contribution >= 4 is 27.5 Å². The minimum Gasteiger partial charge on any atom is -0.454 e. The SMILES string of the molecule is Fc1cc(Oc2cnccc2CNC2CC2)c(Br)cc1Cl. The smallest absolute Gasteiger partial charge is 0.150 e. The van der Waals surface area contributed by atoms with Crippen LogP contribution in [0.25, 0.3) is 0 Å². The first-order valence-electron chi connectivity index (χ1n) is 6.62. The first-order valence-corrected chi connectivity index (χ1v) is 7.79. The molecule has 1 aromatic heterocycles. The van der Waals surface area contributed by atoms with Gasteiger partial charge in [-0.1, -0.05) is 11.6 Å². The number of ether oxygens (including phenoxy) is 1. The Balaban J connectivity index is 1.82. The molecule has 1 aliphatic rings. The molecule has 0 bridgehead atoms. The van der Waals surface area contributed by atoms with Gasteiger partial charge in [0.15, 0.2) is 0 Å². The van der Waals surface area contributed by atoms with Crippen molar-refractivity contribution in [3.05, 3.63) is 51.5 Å². The number of nitrogens with zero attached hydrogens (tertiary/aromatic N) is 1. The molecule has 0 amide bonds. The Kier molecular flexibility index (Phi) is 4.42. The van der Waals surface area contributed by atoms with Crippen molar-refractivity contribution in [2.45, 2.75) is 25.4 Å². The first-order chi connectivity index (χ1) is 10.1. The third-order valence-corrected chi connectivity index (χ3v) is 4.13. The van der Waals surface area contributed by atoms with Crippen LogP contribution in [0.4, 0.5) is 4.39 Å². The Bertz CT molecular complexity index is 664. The lowest BCUT2D eigenvalue weighted by Crippen LogP contribution is -2.15. The van der Waals surface area contributed by atoms with E-state index in [-0.39, 0.29) is 5.02 Å². The van der Waals surface area contributed by atoms with Crippen LogP contribution in [0.2, 0.25) is 5.02 Å². The van der Waals surface area contributed by atoms with Crippen LogP contribution >= 0.6 is 27.5 Å². The van der Waals surface area contributed by atoms with Gasteiger partial charge in [0.25, 0.3) is 0 Å². The largest absolute Gasteiger partial charge is 0.454 e. The summed E-state index contributed by atoms with van der Waals surface area (Å²) in [6.07, 6.45) is 5.78. The van der Waals surface area contributed by atoms with E-state index in [9.17, 15) is 4.39 Å². The van der Waals surface area contributed by atoms with Gasteiger partial charge in [0.2, 0.25) is 0 Å². The van der Waals surface area contributed by atoms with Crippen LogP contribution in [0.5, 0.6) is 11.5 Å². The minimum absolute atomic E-state index is 0.0519. The van der Waals surface area contributed by atoms with Crippen molar-refractivity contribution in [1.29, 1.82) is 0 Å². The van der Waals surface area contributed by atoms with Crippen molar-refractivity contribution in [2.24, 2.45) is 0 Å². The lowest BCUT2D eigenvalue weighted by Gasteiger charge is -2.12. The Labute approximate surface area is 135 Å². The van der Waals surface area contributed by atoms with E-state index in [2.05, 4.69) is 26.2 Å². The average molecular weight is 372 g/mol. The standard InChI is InChI=1S/C15H13BrClFN2O/c16-11-5-12(17)13(18)6-14(11)21-15-8-19-4-3-9(15)7-20-10-1-2-10/h3-6,8,10,20H,1-2,7H2. The van der Waals surface area contributed by atoms with Gasteiger partial charge in [-0.05, 0) is 40.9 Å². The molecule has 1 fully saturated rings. The van der Waals surface area contributed by atoms with E-state index in [1.54, 1.807) is 12.4 Å². The molecule has 1 heterocycles. The molecule has 0 unspecified atom stereocenters. The molecule has 0 spiro atoms. The summed E-state index contributed by atoms with van der Waals surface area (Å²) in [5, 5.41) is 3.47. The van der Waals surface area contributed by atoms with Gasteiger partial charge in [0.1, 0.15) is 17.3 Å². The van der Waals surface area contributed by atoms with Crippen molar-refractivity contribution in [2.75, 3.05) is 0 Å². The van der Waals surface area contributed by atoms with Crippen LogP contribution in [-0.2, 0) is 6.54 Å². The van der Waals surface area contributed by atoms with Crippen LogP contribution in [0.15, 0.2) is 35.1 Å². The van der Waals surface area contributed by atoms with Gasteiger partial charge in [0.05, 0.1) is 15.7 Å². The molecule has 1 aromatic carbocycles. The minimum atomic E-state index is -0.517. The van der Waals surface area contributed by atoms with Gasteiger partial charge in [-0.3, -0.25) is 4.98 Å². The van der Waals surface area contributed by atoms with Gasteiger partial charge in [-0.15, -0.1) is 0 Å². The zero-order valence-electron chi connectivity index (χ0n) is 11.1. The highest BCUT2D eigenvalue weighted by Crippen LogP contribution is 2.34. The fourth-order valence-electron chi connectivity index (χ4n) is 1.89. The summed E-state index contributed by atoms with van der Waals surface area (Å²) < 4.78 is 19.9. The second-order valence-corrected chi connectivity index (χ2v) is 6.20. The van der Waals surface area contributed by atoms with Crippen LogP contribution < -0.4 is 10.1 Å². The Morgan fingerprint density at radius 2 is 2.19 bits per heavy atom. The topological polar surface area (TPSA) is 34.1 Å². The fourth-order valence-corrected chi connectivity index (χ4v) is 2.61. The van der Waals surface area contributed by atoms with Gasteiger partial charge in [-0.2, -0.15) is 0 Å². The maximum atomic E-state index is 13.6. The van der Waals surface area contributed by atoms with Gasteiger partial charge >= 0.3 is 0 Å². The summed E-state index contributed by atoms with van der Waals surface area (Å²) in [7, 11) is 0. The van der Waals surface area contributed by atoms with Gasteiger partial charge in [0, 0.05) is 30.4 Å². The summed E-state index contributed by atoms with van der Waals surface area (Å²) in [6, 6.07) is 5.23. The number of halogens is 3. The summed E-state index contributed by atoms with van der Waals surface area (Å²) in [5.41, 5.74) is 0.985. The number of nitrogens with one attached hydrogen (secondary N) is 1. The zero-order valence-corrected chi connectivity index (χ0v) is 13.4. The van der Waals surface area contributed by atoms with Crippen LogP contribution in [0.1, 0.15) is 18.4 Å². The highest BCUT2D eigenvalue weighted by atomic mass is 79.9. The van der Waals surface area contributed by atoms with E-state index in [0.717, 1.165) is 5.56 Å². The van der Waals surface area contributed by atoms with Crippen LogP contribution in [0.3, 0.4) is 0 Å². The van der Waals surface area contributed by atoms with E-state index in [1.165, 1.54) is 25.0 Å². The van der Waals surface area contributed by atoms with E-state index in [0.29, 0.717) is 28.6 Å². The van der Waals surface area contributed by atoms with Crippen molar-refractivity contribution in [1.82, 2.24) is 10.3 Å². The molecule has 2 aromatic rings. The quantitative estimate of drug-likeness (QED) is 0.775. The molecule has 0 saturated heterocycles. The van der Waals surface area contributed by atoms with Crippen molar-refractivity contribution in [3.63, 3.8) is 0 Å². The monoisotopic (exact) mass is 370 g/mol. The molecular weight excluding hydrogens is 359 g/mol. The normalized spacial score (nSPS) is 14.2. The second-order valence-electron chi connectivity index (χ2n) is 4.94. The van der Waals surface area contributed by atoms with Crippen LogP contribution in [0, 0.1) is 5.82 Å². The number of benzene rings is 1. The molecular formula is C15H13BrClFN2O. The third-order valence-electron chi connectivity index (χ3n) is 3.22. The molecule has 6 heteroatoms. The van der Waals surface area contributed by atoms with E-state index >= 15 is 0 Å². The van der Waals surface area contributed by atoms with Crippen molar-refractivity contribution < 1.29 is 9.13 Å². The molecule has 3 rings (SSSR count). The Morgan fingerprint density at radius 1 is 1.38 bits per heavy atom. The second kappa shape index (κ2) is 6.30. The lowest BCUT2D eigenvalue weighted by molar-refractivity contribution is 0.462. The number of aromatic nitrogens is 1. The number of hydrogen-bond acceptors (Lipinski definition) is 3. The molecule has 3 nitrogen and oxygen atoms in total. The van der Waals surface area contributed by atoms with E-state index in [1.807, 2.05) is 6.07 Å². The molecule has 1 N–H and O–H groups in total. The number of hydrogen-bond donors (Lipinski definition) is 1. The first kappa shape index (κ1) is 14.8. The summed E-state index contributed by atoms with van der Waals surface area (Å²) in [6.45, 7) is 0.705. The predicted octanol–water partition coefficient (Wildman–Crippen LogP) is 4.68. The molecule has 0 aliphatic heterocycles. The van der Waals surface area contributed by atoms with E-state index in [4.69, 9.17) is 16.3 Å². The lowest BCUT2D eigenvalue weighted by atomic mass is 10.2. The summed E-state index contributed by atoms with van der Waals surface area (Å²) >= 11 is 9.05. The number of pyridine rings is 1. The van der Waals surface area contributed by atoms with Crippen LogP contribution in [-0.4, -0.2) is 11.0 Å². The maximum Gasteiger partial charge on any atom is 0.150 e. The molecule has 110 valence electrons. The average Bonchev–Trinajstić information content (AvgIpc) is 3.28. The molecule has 1 saturated carbocycles. The fraction of sp³-hybridized carbons (Fsp3) is 0.267. The van der Waals surface area contributed by atoms with Crippen molar-refractivity contribution in [3.8, 4) is 11.5 Å². The Morgan fingerprint density at radius 3 is 2.95 bits per heavy atom. The Hall–Kier alpha value is -1.17. The van der Waals surface area contributed by atoms with E-state index < -0.39 is 5.82 Å². The maximum absolute atomic E-state index is 13.6. The molecule has 0 atom stereocenters. The number of rotatable bonds is 5. The third kappa shape index (κ3) is 3.73. The molecule has 0 radical (unpaired) electrons. The summed E-state index contributed by atoms with van der Waals surface area (Å²) in [5.74, 6) is 0.460. The molecule has 21 heavy (non-hydrogen) atoms. The predicted molar refractivity (Wildman–Crippen MR) is 83.3 cm³/mol.